The second-order valence-electron chi connectivity index (χ2n) is 11.2. The number of benzene rings is 2. The number of nitrogens with zero attached hydrogens (tertiary/aromatic N) is 1. The molecule has 0 bridgehead atoms. The zero-order chi connectivity index (χ0) is 30.2. The summed E-state index contributed by atoms with van der Waals surface area (Å²) >= 11 is 12.9. The zero-order valence-electron chi connectivity index (χ0n) is 25.1. The Morgan fingerprint density at radius 3 is 2.39 bits per heavy atom. The molecule has 5 rings (SSSR count). The van der Waals surface area contributed by atoms with E-state index >= 15 is 0 Å². The van der Waals surface area contributed by atoms with Gasteiger partial charge in [-0.1, -0.05) is 61.7 Å². The second-order valence-corrected chi connectivity index (χ2v) is 12.1. The lowest BCUT2D eigenvalue weighted by molar-refractivity contribution is 0.0925. The third-order valence-corrected chi connectivity index (χ3v) is 8.65. The molecular formula is C34H40Cl3N3O4. The van der Waals surface area contributed by atoms with Crippen LogP contribution in [0.4, 0.5) is 5.69 Å². The predicted octanol–water partition coefficient (Wildman–Crippen LogP) is 8.92. The summed E-state index contributed by atoms with van der Waals surface area (Å²) < 4.78 is 10.8. The average Bonchev–Trinajstić information content (AvgIpc) is 3.00. The summed E-state index contributed by atoms with van der Waals surface area (Å²) in [6.07, 6.45) is 13.4. The molecule has 0 unspecified atom stereocenters. The van der Waals surface area contributed by atoms with Crippen LogP contribution >= 0.6 is 35.6 Å². The fourth-order valence-electron chi connectivity index (χ4n) is 5.86. The Hall–Kier alpha value is -3.00. The molecule has 0 radical (unpaired) electrons. The molecule has 2 N–H and O–H groups in total. The summed E-state index contributed by atoms with van der Waals surface area (Å²) in [5.74, 6) is 0.232. The Morgan fingerprint density at radius 1 is 0.932 bits per heavy atom. The normalized spacial score (nSPS) is 12.5. The van der Waals surface area contributed by atoms with E-state index in [0.29, 0.717) is 33.3 Å². The topological polar surface area (TPSA) is 93.5 Å². The van der Waals surface area contributed by atoms with Gasteiger partial charge < -0.3 is 19.8 Å². The molecule has 0 saturated heterocycles. The van der Waals surface area contributed by atoms with Crippen molar-refractivity contribution in [1.29, 1.82) is 0 Å². The molecule has 10 heteroatoms. The number of anilines is 1. The molecule has 2 aromatic carbocycles. The standard InChI is InChI=1S/C34H39Cl2N3O4.ClH/c1-42-23-14-15-30-25(20-23)29(40)21-31(43-30)34(41)38-17-11-7-5-3-2-4-6-10-16-37-33-24-12-8-9-13-27(24)39-28-19-22(35)18-26(36)32(28)33;/h14-15,18-21H,2-13,16-17H2,1H3,(H,37,39)(H,38,41);1H. The molecule has 4 aromatic rings. The lowest BCUT2D eigenvalue weighted by atomic mass is 9.92. The van der Waals surface area contributed by atoms with Gasteiger partial charge in [-0.05, 0) is 74.4 Å². The third-order valence-electron chi connectivity index (χ3n) is 8.13. The van der Waals surface area contributed by atoms with Gasteiger partial charge in [0.2, 0.25) is 0 Å². The van der Waals surface area contributed by atoms with Crippen LogP contribution in [0.3, 0.4) is 0 Å². The number of unbranched alkanes of at least 4 members (excludes halogenated alkanes) is 7. The van der Waals surface area contributed by atoms with Gasteiger partial charge in [0.15, 0.2) is 11.2 Å². The number of methoxy groups -OCH3 is 1. The molecule has 0 saturated carbocycles. The van der Waals surface area contributed by atoms with Gasteiger partial charge in [0, 0.05) is 35.3 Å². The van der Waals surface area contributed by atoms with Crippen molar-refractivity contribution in [1.82, 2.24) is 10.3 Å². The highest BCUT2D eigenvalue weighted by Gasteiger charge is 2.20. The van der Waals surface area contributed by atoms with E-state index in [1.165, 1.54) is 63.0 Å². The third kappa shape index (κ3) is 8.38. The van der Waals surface area contributed by atoms with Crippen LogP contribution in [0.1, 0.15) is 86.0 Å². The van der Waals surface area contributed by atoms with Crippen LogP contribution in [0.2, 0.25) is 10.0 Å². The summed E-state index contributed by atoms with van der Waals surface area (Å²) in [6.45, 7) is 1.47. The minimum absolute atomic E-state index is 0. The van der Waals surface area contributed by atoms with Crippen LogP contribution in [0.5, 0.6) is 5.75 Å². The van der Waals surface area contributed by atoms with Crippen LogP contribution in [0, 0.1) is 0 Å². The fraction of sp³-hybridized carbons (Fsp3) is 0.441. The van der Waals surface area contributed by atoms with Crippen LogP contribution < -0.4 is 20.8 Å². The number of ether oxygens (including phenoxy) is 1. The Labute approximate surface area is 274 Å². The first-order chi connectivity index (χ1) is 20.9. The molecule has 2 heterocycles. The number of amides is 1. The summed E-state index contributed by atoms with van der Waals surface area (Å²) in [7, 11) is 1.54. The van der Waals surface area contributed by atoms with Gasteiger partial charge in [-0.2, -0.15) is 0 Å². The highest BCUT2D eigenvalue weighted by molar-refractivity contribution is 6.39. The van der Waals surface area contributed by atoms with E-state index in [-0.39, 0.29) is 29.5 Å². The van der Waals surface area contributed by atoms with Gasteiger partial charge in [-0.15, -0.1) is 12.4 Å². The maximum Gasteiger partial charge on any atom is 0.287 e. The number of hydrogen-bond donors (Lipinski definition) is 2. The number of nitrogens with one attached hydrogen (secondary N) is 2. The van der Waals surface area contributed by atoms with Gasteiger partial charge in [0.25, 0.3) is 5.91 Å². The number of aryl methyl sites for hydroxylation is 1. The van der Waals surface area contributed by atoms with Crippen molar-refractivity contribution in [2.75, 3.05) is 25.5 Å². The largest absolute Gasteiger partial charge is 0.497 e. The highest BCUT2D eigenvalue weighted by Crippen LogP contribution is 2.38. The molecule has 1 amide bonds. The Morgan fingerprint density at radius 2 is 1.64 bits per heavy atom. The van der Waals surface area contributed by atoms with Gasteiger partial charge in [0.1, 0.15) is 11.3 Å². The molecule has 0 atom stereocenters. The maximum atomic E-state index is 12.5. The van der Waals surface area contributed by atoms with Crippen molar-refractivity contribution < 1.29 is 13.9 Å². The molecule has 7 nitrogen and oxygen atoms in total. The lowest BCUT2D eigenvalue weighted by Gasteiger charge is -2.22. The van der Waals surface area contributed by atoms with Crippen molar-refractivity contribution in [3.05, 3.63) is 73.7 Å². The molecule has 0 fully saturated rings. The number of carbonyl (C=O) groups excluding carboxylic acids is 1. The second kappa shape index (κ2) is 16.4. The van der Waals surface area contributed by atoms with Gasteiger partial charge in [-0.3, -0.25) is 14.6 Å². The Bertz CT molecular complexity index is 1660. The molecule has 236 valence electrons. The zero-order valence-corrected chi connectivity index (χ0v) is 27.4. The van der Waals surface area contributed by atoms with Crippen LogP contribution in [0.25, 0.3) is 21.9 Å². The first-order valence-corrected chi connectivity index (χ1v) is 16.1. The van der Waals surface area contributed by atoms with Crippen molar-refractivity contribution in [3.63, 3.8) is 0 Å². The summed E-state index contributed by atoms with van der Waals surface area (Å²) in [6, 6.07) is 9.92. The van der Waals surface area contributed by atoms with E-state index in [4.69, 9.17) is 37.3 Å². The maximum absolute atomic E-state index is 12.5. The van der Waals surface area contributed by atoms with Gasteiger partial charge in [-0.25, -0.2) is 0 Å². The van der Waals surface area contributed by atoms with E-state index in [9.17, 15) is 9.59 Å². The van der Waals surface area contributed by atoms with Crippen LogP contribution in [-0.2, 0) is 12.8 Å². The molecular weight excluding hydrogens is 621 g/mol. The summed E-state index contributed by atoms with van der Waals surface area (Å²) in [5, 5.41) is 9.24. The first kappa shape index (κ1) is 33.9. The Kier molecular flexibility index (Phi) is 12.6. The molecule has 0 aliphatic heterocycles. The van der Waals surface area contributed by atoms with E-state index in [2.05, 4.69) is 10.6 Å². The number of halogens is 3. The lowest BCUT2D eigenvalue weighted by Crippen LogP contribution is -2.25. The monoisotopic (exact) mass is 659 g/mol. The highest BCUT2D eigenvalue weighted by atomic mass is 35.5. The quantitative estimate of drug-likeness (QED) is 0.131. The van der Waals surface area contributed by atoms with E-state index < -0.39 is 0 Å². The molecule has 1 aliphatic carbocycles. The van der Waals surface area contributed by atoms with Gasteiger partial charge >= 0.3 is 0 Å². The SMILES string of the molecule is COc1ccc2oc(C(=O)NCCCCCCCCCCNc3c4c(nc5cc(Cl)cc(Cl)c35)CCCC4)cc(=O)c2c1.Cl. The smallest absolute Gasteiger partial charge is 0.287 e. The first-order valence-electron chi connectivity index (χ1n) is 15.4. The molecule has 0 spiro atoms. The summed E-state index contributed by atoms with van der Waals surface area (Å²) in [4.78, 5) is 29.8. The fourth-order valence-corrected chi connectivity index (χ4v) is 6.43. The number of aromatic nitrogens is 1. The number of rotatable bonds is 14. The molecule has 1 aliphatic rings. The van der Waals surface area contributed by atoms with Crippen LogP contribution in [0.15, 0.2) is 45.6 Å². The number of fused-ring (bicyclic) bond motifs is 3. The van der Waals surface area contributed by atoms with Crippen molar-refractivity contribution in [3.8, 4) is 5.75 Å². The van der Waals surface area contributed by atoms with Crippen molar-refractivity contribution in [2.24, 2.45) is 0 Å². The number of hydrogen-bond acceptors (Lipinski definition) is 6. The number of pyridine rings is 1. The molecule has 2 aromatic heterocycles. The van der Waals surface area contributed by atoms with E-state index in [1.807, 2.05) is 12.1 Å². The van der Waals surface area contributed by atoms with Crippen LogP contribution in [-0.4, -0.2) is 31.1 Å². The Balaban J connectivity index is 0.00000442. The predicted molar refractivity (Wildman–Crippen MR) is 182 cm³/mol. The minimum atomic E-state index is -0.366. The van der Waals surface area contributed by atoms with E-state index in [0.717, 1.165) is 61.7 Å². The van der Waals surface area contributed by atoms with Crippen molar-refractivity contribution in [2.45, 2.75) is 77.0 Å². The van der Waals surface area contributed by atoms with Crippen molar-refractivity contribution >= 4 is 69.1 Å². The average molecular weight is 661 g/mol. The summed E-state index contributed by atoms with van der Waals surface area (Å²) in [5.41, 5.74) is 4.64. The molecule has 44 heavy (non-hydrogen) atoms. The van der Waals surface area contributed by atoms with Gasteiger partial charge in [0.05, 0.1) is 28.7 Å². The number of carbonyl (C=O) groups is 1. The van der Waals surface area contributed by atoms with E-state index in [1.54, 1.807) is 18.2 Å². The minimum Gasteiger partial charge on any atom is -0.497 e.